The second-order valence-corrected chi connectivity index (χ2v) is 2.35. The number of rotatable bonds is 6. The lowest BCUT2D eigenvalue weighted by atomic mass is 10.3. The highest BCUT2D eigenvalue weighted by Crippen LogP contribution is 1.87. The third-order valence-electron chi connectivity index (χ3n) is 1.26. The van der Waals surface area contributed by atoms with Crippen molar-refractivity contribution in [2.24, 2.45) is 0 Å². The van der Waals surface area contributed by atoms with E-state index < -0.39 is 5.97 Å². The maximum absolute atomic E-state index is 10.8. The van der Waals surface area contributed by atoms with Crippen LogP contribution in [0.4, 0.5) is 0 Å². The fourth-order valence-electron chi connectivity index (χ4n) is 0.636. The fourth-order valence-corrected chi connectivity index (χ4v) is 0.636. The molecule has 0 bridgehead atoms. The Kier molecular flexibility index (Phi) is 6.00. The van der Waals surface area contributed by atoms with E-state index in [0.717, 1.165) is 0 Å². The van der Waals surface area contributed by atoms with E-state index in [1.165, 1.54) is 0 Å². The Morgan fingerprint density at radius 2 is 1.92 bits per heavy atom. The first-order valence-electron chi connectivity index (χ1n) is 3.80. The van der Waals surface area contributed by atoms with Crippen molar-refractivity contribution in [1.29, 1.82) is 0 Å². The van der Waals surface area contributed by atoms with E-state index in [1.54, 1.807) is 7.05 Å². The van der Waals surface area contributed by atoms with Gasteiger partial charge in [-0.1, -0.05) is 0 Å². The zero-order chi connectivity index (χ0) is 9.40. The molecular weight excluding hydrogens is 160 g/mol. The predicted octanol–water partition coefficient (Wildman–Crippen LogP) is -0.813. The highest BCUT2D eigenvalue weighted by atomic mass is 16.4. The van der Waals surface area contributed by atoms with E-state index in [-0.39, 0.29) is 18.7 Å². The van der Waals surface area contributed by atoms with Crippen LogP contribution in [0.25, 0.3) is 0 Å². The Balaban J connectivity index is 3.28. The summed E-state index contributed by atoms with van der Waals surface area (Å²) in [6.07, 6.45) is -0.0512. The van der Waals surface area contributed by atoms with Gasteiger partial charge in [0, 0.05) is 19.5 Å². The first-order valence-corrected chi connectivity index (χ1v) is 3.80. The minimum atomic E-state index is -0.946. The molecule has 0 spiro atoms. The van der Waals surface area contributed by atoms with E-state index in [4.69, 9.17) is 5.11 Å². The molecule has 5 heteroatoms. The third kappa shape index (κ3) is 7.01. The summed E-state index contributed by atoms with van der Waals surface area (Å²) < 4.78 is 0. The Hall–Kier alpha value is -1.10. The van der Waals surface area contributed by atoms with E-state index in [2.05, 4.69) is 10.6 Å². The van der Waals surface area contributed by atoms with Crippen LogP contribution >= 0.6 is 0 Å². The topological polar surface area (TPSA) is 78.4 Å². The van der Waals surface area contributed by atoms with Crippen LogP contribution in [-0.4, -0.2) is 37.1 Å². The molecule has 12 heavy (non-hydrogen) atoms. The SMILES string of the molecule is CNCCNC(=O)CCC(=O)O. The van der Waals surface area contributed by atoms with Crippen LogP contribution in [0.15, 0.2) is 0 Å². The summed E-state index contributed by atoms with van der Waals surface area (Å²) in [5.41, 5.74) is 0. The zero-order valence-electron chi connectivity index (χ0n) is 7.09. The van der Waals surface area contributed by atoms with Crippen LogP contribution in [0.5, 0.6) is 0 Å². The van der Waals surface area contributed by atoms with E-state index in [0.29, 0.717) is 13.1 Å². The summed E-state index contributed by atoms with van der Waals surface area (Å²) >= 11 is 0. The second kappa shape index (κ2) is 6.60. The van der Waals surface area contributed by atoms with Gasteiger partial charge < -0.3 is 15.7 Å². The highest BCUT2D eigenvalue weighted by molar-refractivity contribution is 5.80. The van der Waals surface area contributed by atoms with E-state index in [9.17, 15) is 9.59 Å². The van der Waals surface area contributed by atoms with E-state index in [1.807, 2.05) is 0 Å². The van der Waals surface area contributed by atoms with Crippen LogP contribution in [0.1, 0.15) is 12.8 Å². The van der Waals surface area contributed by atoms with Crippen LogP contribution < -0.4 is 10.6 Å². The van der Waals surface area contributed by atoms with Crippen molar-refractivity contribution >= 4 is 11.9 Å². The Bertz CT molecular complexity index is 159. The molecule has 0 heterocycles. The van der Waals surface area contributed by atoms with Gasteiger partial charge in [-0.05, 0) is 7.05 Å². The van der Waals surface area contributed by atoms with Gasteiger partial charge in [-0.3, -0.25) is 9.59 Å². The van der Waals surface area contributed by atoms with Gasteiger partial charge >= 0.3 is 5.97 Å². The first kappa shape index (κ1) is 10.9. The minimum Gasteiger partial charge on any atom is -0.481 e. The van der Waals surface area contributed by atoms with Crippen molar-refractivity contribution in [2.75, 3.05) is 20.1 Å². The molecule has 0 radical (unpaired) electrons. The number of carboxylic acid groups (broad SMARTS) is 1. The highest BCUT2D eigenvalue weighted by Gasteiger charge is 2.03. The Morgan fingerprint density at radius 1 is 1.25 bits per heavy atom. The molecule has 0 aliphatic rings. The molecule has 0 atom stereocenters. The largest absolute Gasteiger partial charge is 0.481 e. The third-order valence-corrected chi connectivity index (χ3v) is 1.26. The number of carbonyl (C=O) groups is 2. The molecule has 0 unspecified atom stereocenters. The molecule has 70 valence electrons. The standard InChI is InChI=1S/C7H14N2O3/c1-8-4-5-9-6(10)2-3-7(11)12/h8H,2-5H2,1H3,(H,9,10)(H,11,12). The van der Waals surface area contributed by atoms with Crippen LogP contribution in [0.2, 0.25) is 0 Å². The molecular formula is C7H14N2O3. The van der Waals surface area contributed by atoms with Crippen molar-refractivity contribution in [2.45, 2.75) is 12.8 Å². The van der Waals surface area contributed by atoms with Gasteiger partial charge in [0.05, 0.1) is 6.42 Å². The molecule has 0 aliphatic carbocycles. The zero-order valence-corrected chi connectivity index (χ0v) is 7.09. The van der Waals surface area contributed by atoms with Gasteiger partial charge in [0.15, 0.2) is 0 Å². The van der Waals surface area contributed by atoms with Crippen molar-refractivity contribution in [3.8, 4) is 0 Å². The molecule has 0 aliphatic heterocycles. The monoisotopic (exact) mass is 174 g/mol. The number of hydrogen-bond donors (Lipinski definition) is 3. The fraction of sp³-hybridized carbons (Fsp3) is 0.714. The summed E-state index contributed by atoms with van der Waals surface area (Å²) in [7, 11) is 1.78. The number of likely N-dealkylation sites (N-methyl/N-ethyl adjacent to an activating group) is 1. The number of carboxylic acids is 1. The van der Waals surface area contributed by atoms with Gasteiger partial charge in [0.1, 0.15) is 0 Å². The summed E-state index contributed by atoms with van der Waals surface area (Å²) in [5.74, 6) is -1.16. The van der Waals surface area contributed by atoms with Gasteiger partial charge in [-0.25, -0.2) is 0 Å². The average molecular weight is 174 g/mol. The predicted molar refractivity (Wildman–Crippen MR) is 43.8 cm³/mol. The van der Waals surface area contributed by atoms with Gasteiger partial charge in [-0.2, -0.15) is 0 Å². The number of carbonyl (C=O) groups excluding carboxylic acids is 1. The molecule has 0 aromatic rings. The lowest BCUT2D eigenvalue weighted by molar-refractivity contribution is -0.138. The number of nitrogens with one attached hydrogen (secondary N) is 2. The van der Waals surface area contributed by atoms with Crippen molar-refractivity contribution in [3.63, 3.8) is 0 Å². The molecule has 1 amide bonds. The molecule has 0 rings (SSSR count). The first-order chi connectivity index (χ1) is 5.66. The summed E-state index contributed by atoms with van der Waals surface area (Å²) in [6, 6.07) is 0. The average Bonchev–Trinajstić information content (AvgIpc) is 2.01. The van der Waals surface area contributed by atoms with Crippen molar-refractivity contribution in [3.05, 3.63) is 0 Å². The molecule has 3 N–H and O–H groups in total. The maximum atomic E-state index is 10.8. The molecule has 0 saturated carbocycles. The number of hydrogen-bond acceptors (Lipinski definition) is 3. The van der Waals surface area contributed by atoms with Crippen LogP contribution in [0, 0.1) is 0 Å². The van der Waals surface area contributed by atoms with Crippen LogP contribution in [-0.2, 0) is 9.59 Å². The molecule has 0 aromatic carbocycles. The molecule has 0 fully saturated rings. The van der Waals surface area contributed by atoms with Gasteiger partial charge in [-0.15, -0.1) is 0 Å². The molecule has 0 aromatic heterocycles. The minimum absolute atomic E-state index is 0.0546. The maximum Gasteiger partial charge on any atom is 0.303 e. The van der Waals surface area contributed by atoms with Gasteiger partial charge in [0.25, 0.3) is 0 Å². The van der Waals surface area contributed by atoms with E-state index >= 15 is 0 Å². The number of amides is 1. The van der Waals surface area contributed by atoms with Crippen molar-refractivity contribution < 1.29 is 14.7 Å². The van der Waals surface area contributed by atoms with Gasteiger partial charge in [0.2, 0.25) is 5.91 Å². The number of aliphatic carboxylic acids is 1. The summed E-state index contributed by atoms with van der Waals surface area (Å²) in [5, 5.41) is 13.7. The summed E-state index contributed by atoms with van der Waals surface area (Å²) in [4.78, 5) is 20.9. The Morgan fingerprint density at radius 3 is 2.42 bits per heavy atom. The molecule has 5 nitrogen and oxygen atoms in total. The lowest BCUT2D eigenvalue weighted by Crippen LogP contribution is -2.30. The Labute approximate surface area is 71.1 Å². The quantitative estimate of drug-likeness (QED) is 0.460. The van der Waals surface area contributed by atoms with Crippen LogP contribution in [0.3, 0.4) is 0 Å². The summed E-state index contributed by atoms with van der Waals surface area (Å²) in [6.45, 7) is 1.23. The van der Waals surface area contributed by atoms with Crippen molar-refractivity contribution in [1.82, 2.24) is 10.6 Å². The second-order valence-electron chi connectivity index (χ2n) is 2.35. The lowest BCUT2D eigenvalue weighted by Gasteiger charge is -2.02. The molecule has 0 saturated heterocycles. The smallest absolute Gasteiger partial charge is 0.303 e. The normalized spacial score (nSPS) is 9.42.